The quantitative estimate of drug-likeness (QED) is 0.302. The molecule has 13 heteroatoms. The minimum Gasteiger partial charge on any atom is -0.460 e. The summed E-state index contributed by atoms with van der Waals surface area (Å²) in [7, 11) is -7.25. The maximum absolute atomic E-state index is 13.8. The van der Waals surface area contributed by atoms with Crippen LogP contribution in [-0.2, 0) is 33.2 Å². The Bertz CT molecular complexity index is 1250. The van der Waals surface area contributed by atoms with Crippen molar-refractivity contribution in [2.75, 3.05) is 13.4 Å². The van der Waals surface area contributed by atoms with Crippen LogP contribution < -0.4 is 9.47 Å². The molecule has 2 aliphatic rings. The number of ether oxygens (including phenoxy) is 4. The Morgan fingerprint density at radius 2 is 1.76 bits per heavy atom. The number of esters is 1. The summed E-state index contributed by atoms with van der Waals surface area (Å²) in [5.41, 5.74) is 0.367. The highest BCUT2D eigenvalue weighted by Crippen LogP contribution is 2.46. The average molecular weight is 616 g/mol. The van der Waals surface area contributed by atoms with E-state index >= 15 is 0 Å². The van der Waals surface area contributed by atoms with Gasteiger partial charge in [-0.25, -0.2) is 4.79 Å². The van der Waals surface area contributed by atoms with Crippen molar-refractivity contribution in [1.82, 2.24) is 4.31 Å². The van der Waals surface area contributed by atoms with E-state index in [-0.39, 0.29) is 24.9 Å². The summed E-state index contributed by atoms with van der Waals surface area (Å²) in [6.45, 7) is 19.8. The van der Waals surface area contributed by atoms with Crippen LogP contribution >= 0.6 is 0 Å². The van der Waals surface area contributed by atoms with Crippen LogP contribution in [0, 0.1) is 6.92 Å². The first-order valence-corrected chi connectivity index (χ1v) is 18.1. The molecule has 0 unspecified atom stereocenters. The first-order valence-electron chi connectivity index (χ1n) is 13.9. The van der Waals surface area contributed by atoms with Gasteiger partial charge in [0.05, 0.1) is 18.8 Å². The van der Waals surface area contributed by atoms with Crippen LogP contribution in [0.2, 0.25) is 18.1 Å². The number of nitrogens with zero attached hydrogens (tertiary/aromatic N) is 1. The number of amides is 1. The number of carbonyl (C=O) groups is 2. The molecule has 1 aromatic rings. The van der Waals surface area contributed by atoms with Crippen molar-refractivity contribution in [2.45, 2.75) is 117 Å². The van der Waals surface area contributed by atoms with E-state index in [1.54, 1.807) is 33.8 Å². The molecule has 41 heavy (non-hydrogen) atoms. The van der Waals surface area contributed by atoms with Crippen molar-refractivity contribution in [3.63, 3.8) is 0 Å². The summed E-state index contributed by atoms with van der Waals surface area (Å²) in [6, 6.07) is 2.36. The van der Waals surface area contributed by atoms with Gasteiger partial charge in [-0.15, -0.1) is 0 Å². The predicted octanol–water partition coefficient (Wildman–Crippen LogP) is 5.42. The van der Waals surface area contributed by atoms with Crippen molar-refractivity contribution < 1.29 is 45.6 Å². The van der Waals surface area contributed by atoms with E-state index in [9.17, 15) is 18.0 Å². The molecule has 0 aliphatic carbocycles. The van der Waals surface area contributed by atoms with Crippen LogP contribution in [0.4, 0.5) is 4.79 Å². The highest BCUT2D eigenvalue weighted by Gasteiger charge is 2.54. The lowest BCUT2D eigenvalue weighted by Gasteiger charge is -2.44. The SMILES string of the molecule is CC[C@@H](OC(C)=O)[C@H]1[C@@H](c2cc(C)c3c(c2)OCO3)[C@@H](O[Si](C)(C)C(C)(C)C)COS(=O)(=O)N1C(=O)OC(C)(C)C. The minimum absolute atomic E-state index is 0.0458. The number of fused-ring (bicyclic) bond motifs is 1. The standard InChI is InChI=1S/C28H45NO10SSi/c1-12-20(37-18(3)30)24-23(19-13-17(2)25-21(14-19)34-16-35-25)22(39-41(10,11)28(7,8)9)15-36-40(32,33)29(24)26(31)38-27(4,5)6/h13-14,20,22-24H,12,15-16H2,1-11H3/t20-,22+,23+,24+/m1/s1. The summed E-state index contributed by atoms with van der Waals surface area (Å²) < 4.78 is 63.1. The monoisotopic (exact) mass is 615 g/mol. The maximum atomic E-state index is 13.8. The normalized spacial score (nSPS) is 23.5. The van der Waals surface area contributed by atoms with E-state index in [1.807, 2.05) is 13.0 Å². The molecule has 3 rings (SSSR count). The van der Waals surface area contributed by atoms with Gasteiger partial charge in [-0.2, -0.15) is 12.7 Å². The van der Waals surface area contributed by atoms with Crippen molar-refractivity contribution in [3.05, 3.63) is 23.3 Å². The molecular formula is C28H45NO10SSi. The second-order valence-corrected chi connectivity index (χ2v) is 19.3. The largest absolute Gasteiger partial charge is 0.460 e. The first-order chi connectivity index (χ1) is 18.7. The summed E-state index contributed by atoms with van der Waals surface area (Å²) in [5.74, 6) is -0.375. The average Bonchev–Trinajstić information content (AvgIpc) is 3.23. The molecule has 1 aromatic carbocycles. The summed E-state index contributed by atoms with van der Waals surface area (Å²) >= 11 is 0. The molecule has 11 nitrogen and oxygen atoms in total. The molecule has 1 amide bonds. The van der Waals surface area contributed by atoms with Gasteiger partial charge in [0, 0.05) is 12.8 Å². The van der Waals surface area contributed by atoms with Gasteiger partial charge in [0.25, 0.3) is 0 Å². The van der Waals surface area contributed by atoms with Crippen LogP contribution in [0.1, 0.15) is 78.9 Å². The Morgan fingerprint density at radius 3 is 2.29 bits per heavy atom. The highest BCUT2D eigenvalue weighted by atomic mass is 32.2. The van der Waals surface area contributed by atoms with Crippen LogP contribution in [0.15, 0.2) is 12.1 Å². The maximum Gasteiger partial charge on any atom is 0.426 e. The van der Waals surface area contributed by atoms with E-state index in [0.29, 0.717) is 21.4 Å². The topological polar surface area (TPSA) is 127 Å². The summed E-state index contributed by atoms with van der Waals surface area (Å²) in [6.07, 6.45) is -2.82. The Balaban J connectivity index is 2.35. The van der Waals surface area contributed by atoms with Crippen LogP contribution in [0.25, 0.3) is 0 Å². The molecule has 0 aromatic heterocycles. The minimum atomic E-state index is -4.71. The van der Waals surface area contributed by atoms with Crippen LogP contribution in [-0.4, -0.2) is 70.4 Å². The van der Waals surface area contributed by atoms with Gasteiger partial charge in [0.15, 0.2) is 19.8 Å². The smallest absolute Gasteiger partial charge is 0.426 e. The zero-order valence-electron chi connectivity index (χ0n) is 26.0. The highest BCUT2D eigenvalue weighted by molar-refractivity contribution is 7.84. The van der Waals surface area contributed by atoms with Crippen LogP contribution in [0.5, 0.6) is 11.5 Å². The second kappa shape index (κ2) is 11.7. The summed E-state index contributed by atoms with van der Waals surface area (Å²) in [4.78, 5) is 26.0. The Labute approximate surface area is 245 Å². The third-order valence-corrected chi connectivity index (χ3v) is 13.5. The van der Waals surface area contributed by atoms with Gasteiger partial charge in [-0.3, -0.25) is 8.98 Å². The van der Waals surface area contributed by atoms with Gasteiger partial charge in [0.2, 0.25) is 6.79 Å². The Kier molecular flexibility index (Phi) is 9.49. The Morgan fingerprint density at radius 1 is 1.12 bits per heavy atom. The molecule has 232 valence electrons. The van der Waals surface area contributed by atoms with E-state index in [1.165, 1.54) is 6.92 Å². The van der Waals surface area contributed by atoms with Gasteiger partial charge in [0.1, 0.15) is 11.7 Å². The van der Waals surface area contributed by atoms with Crippen molar-refractivity contribution in [1.29, 1.82) is 0 Å². The molecular weight excluding hydrogens is 570 g/mol. The summed E-state index contributed by atoms with van der Waals surface area (Å²) in [5, 5.41) is -0.228. The van der Waals surface area contributed by atoms with E-state index < -0.39 is 60.5 Å². The van der Waals surface area contributed by atoms with Gasteiger partial charge >= 0.3 is 22.4 Å². The number of aryl methyl sites for hydroxylation is 1. The van der Waals surface area contributed by atoms with Crippen molar-refractivity contribution in [3.8, 4) is 11.5 Å². The number of rotatable bonds is 6. The third kappa shape index (κ3) is 7.36. The molecule has 4 atom stereocenters. The molecule has 0 N–H and O–H groups in total. The molecule has 0 bridgehead atoms. The lowest BCUT2D eigenvalue weighted by Crippen LogP contribution is -2.56. The fourth-order valence-corrected chi connectivity index (χ4v) is 7.35. The molecule has 2 heterocycles. The number of hydrogen-bond acceptors (Lipinski definition) is 10. The first kappa shape index (κ1) is 33.2. The molecule has 1 saturated heterocycles. The molecule has 2 aliphatic heterocycles. The fraction of sp³-hybridized carbons (Fsp3) is 0.714. The zero-order valence-corrected chi connectivity index (χ0v) is 27.8. The lowest BCUT2D eigenvalue weighted by molar-refractivity contribution is -0.150. The molecule has 1 fully saturated rings. The van der Waals surface area contributed by atoms with Gasteiger partial charge in [-0.05, 0) is 69.4 Å². The number of carbonyl (C=O) groups excluding carboxylic acids is 2. The van der Waals surface area contributed by atoms with Crippen LogP contribution in [0.3, 0.4) is 0 Å². The lowest BCUT2D eigenvalue weighted by atomic mass is 9.82. The third-order valence-electron chi connectivity index (χ3n) is 7.65. The molecule has 0 saturated carbocycles. The second-order valence-electron chi connectivity index (χ2n) is 13.1. The Hall–Kier alpha value is -2.35. The molecule has 0 radical (unpaired) electrons. The van der Waals surface area contributed by atoms with Crippen molar-refractivity contribution >= 4 is 30.7 Å². The predicted molar refractivity (Wildman–Crippen MR) is 155 cm³/mol. The van der Waals surface area contributed by atoms with Crippen molar-refractivity contribution in [2.24, 2.45) is 0 Å². The van der Waals surface area contributed by atoms with E-state index in [0.717, 1.165) is 5.56 Å². The van der Waals surface area contributed by atoms with Gasteiger partial charge in [-0.1, -0.05) is 33.8 Å². The van der Waals surface area contributed by atoms with E-state index in [2.05, 4.69) is 33.9 Å². The molecule has 0 spiro atoms. The zero-order chi connectivity index (χ0) is 31.1. The fourth-order valence-electron chi connectivity index (χ4n) is 4.82. The number of benzene rings is 1. The van der Waals surface area contributed by atoms with E-state index in [4.69, 9.17) is 27.6 Å². The number of hydrogen-bond donors (Lipinski definition) is 0. The van der Waals surface area contributed by atoms with Gasteiger partial charge < -0.3 is 23.4 Å².